The van der Waals surface area contributed by atoms with Crippen LogP contribution in [0, 0.1) is 0 Å². The number of hydrogen-bond donors (Lipinski definition) is 1. The van der Waals surface area contributed by atoms with E-state index in [1.54, 1.807) is 21.2 Å². The van der Waals surface area contributed by atoms with Crippen LogP contribution >= 0.6 is 0 Å². The van der Waals surface area contributed by atoms with Gasteiger partial charge < -0.3 is 29.5 Å². The van der Waals surface area contributed by atoms with E-state index in [0.29, 0.717) is 12.3 Å². The standard InChI is InChI=1S/C24H33N5O3/c1-25-24(26-17-19-6-5-7-22(16-19)32-18-23(30)27(2)3)29-14-12-28(13-15-29)20-8-10-21(31-4)11-9-20/h5-11,16H,12-15,17-18H2,1-4H3,(H,25,26). The Morgan fingerprint density at radius 3 is 2.41 bits per heavy atom. The van der Waals surface area contributed by atoms with Crippen LogP contribution in [0.1, 0.15) is 5.56 Å². The Morgan fingerprint density at radius 1 is 1.06 bits per heavy atom. The van der Waals surface area contributed by atoms with E-state index in [1.807, 2.05) is 43.4 Å². The number of benzene rings is 2. The van der Waals surface area contributed by atoms with Crippen molar-refractivity contribution in [3.63, 3.8) is 0 Å². The summed E-state index contributed by atoms with van der Waals surface area (Å²) in [5.41, 5.74) is 2.27. The fraction of sp³-hybridized carbons (Fsp3) is 0.417. The predicted molar refractivity (Wildman–Crippen MR) is 128 cm³/mol. The van der Waals surface area contributed by atoms with Gasteiger partial charge in [0.15, 0.2) is 12.6 Å². The minimum Gasteiger partial charge on any atom is -0.497 e. The smallest absolute Gasteiger partial charge is 0.259 e. The summed E-state index contributed by atoms with van der Waals surface area (Å²) < 4.78 is 10.9. The summed E-state index contributed by atoms with van der Waals surface area (Å²) in [5, 5.41) is 3.45. The molecule has 0 spiro atoms. The van der Waals surface area contributed by atoms with E-state index in [0.717, 1.165) is 43.5 Å². The number of guanidine groups is 1. The number of carbonyl (C=O) groups is 1. The number of aliphatic imine (C=N–C) groups is 1. The van der Waals surface area contributed by atoms with Gasteiger partial charge in [0, 0.05) is 59.6 Å². The fourth-order valence-electron chi connectivity index (χ4n) is 3.50. The molecular formula is C24H33N5O3. The molecule has 172 valence electrons. The first-order chi connectivity index (χ1) is 15.5. The summed E-state index contributed by atoms with van der Waals surface area (Å²) >= 11 is 0. The van der Waals surface area contributed by atoms with Crippen molar-refractivity contribution in [3.05, 3.63) is 54.1 Å². The highest BCUT2D eigenvalue weighted by molar-refractivity contribution is 5.80. The number of nitrogens with zero attached hydrogens (tertiary/aromatic N) is 4. The second kappa shape index (κ2) is 11.3. The molecule has 2 aromatic carbocycles. The van der Waals surface area contributed by atoms with Gasteiger partial charge in [-0.25, -0.2) is 0 Å². The largest absolute Gasteiger partial charge is 0.497 e. The summed E-state index contributed by atoms with van der Waals surface area (Å²) in [7, 11) is 6.93. The van der Waals surface area contributed by atoms with Gasteiger partial charge in [0.1, 0.15) is 11.5 Å². The number of piperazine rings is 1. The molecule has 2 aromatic rings. The molecule has 1 fully saturated rings. The van der Waals surface area contributed by atoms with E-state index in [1.165, 1.54) is 10.6 Å². The number of ether oxygens (including phenoxy) is 2. The van der Waals surface area contributed by atoms with Crippen molar-refractivity contribution in [1.82, 2.24) is 15.1 Å². The van der Waals surface area contributed by atoms with Crippen LogP contribution in [-0.2, 0) is 11.3 Å². The molecule has 0 aromatic heterocycles. The van der Waals surface area contributed by atoms with Crippen LogP contribution < -0.4 is 19.7 Å². The number of anilines is 1. The monoisotopic (exact) mass is 439 g/mol. The average Bonchev–Trinajstić information content (AvgIpc) is 2.83. The Balaban J connectivity index is 1.50. The van der Waals surface area contributed by atoms with Crippen LogP contribution in [0.5, 0.6) is 11.5 Å². The molecule has 32 heavy (non-hydrogen) atoms. The molecular weight excluding hydrogens is 406 g/mol. The molecule has 0 aliphatic carbocycles. The van der Waals surface area contributed by atoms with Gasteiger partial charge in [0.25, 0.3) is 5.91 Å². The summed E-state index contributed by atoms with van der Waals surface area (Å²) in [6.45, 7) is 4.30. The van der Waals surface area contributed by atoms with Crippen molar-refractivity contribution in [2.24, 2.45) is 4.99 Å². The van der Waals surface area contributed by atoms with Gasteiger partial charge in [-0.2, -0.15) is 0 Å². The molecule has 0 radical (unpaired) electrons. The minimum atomic E-state index is -0.0669. The fourth-order valence-corrected chi connectivity index (χ4v) is 3.50. The van der Waals surface area contributed by atoms with Gasteiger partial charge in [0.05, 0.1) is 7.11 Å². The van der Waals surface area contributed by atoms with E-state index in [9.17, 15) is 4.79 Å². The first kappa shape index (κ1) is 23.2. The van der Waals surface area contributed by atoms with Crippen LogP contribution in [0.2, 0.25) is 0 Å². The lowest BCUT2D eigenvalue weighted by Gasteiger charge is -2.37. The molecule has 8 heteroatoms. The van der Waals surface area contributed by atoms with Gasteiger partial charge in [0.2, 0.25) is 0 Å². The van der Waals surface area contributed by atoms with Crippen molar-refractivity contribution in [3.8, 4) is 11.5 Å². The van der Waals surface area contributed by atoms with Crippen LogP contribution in [-0.4, -0.2) is 82.7 Å². The van der Waals surface area contributed by atoms with Crippen molar-refractivity contribution in [2.45, 2.75) is 6.54 Å². The van der Waals surface area contributed by atoms with Crippen LogP contribution in [0.25, 0.3) is 0 Å². The average molecular weight is 440 g/mol. The number of hydrogen-bond acceptors (Lipinski definition) is 5. The lowest BCUT2D eigenvalue weighted by Crippen LogP contribution is -2.52. The van der Waals surface area contributed by atoms with E-state index in [2.05, 4.69) is 32.2 Å². The highest BCUT2D eigenvalue weighted by atomic mass is 16.5. The third-order valence-electron chi connectivity index (χ3n) is 5.44. The second-order valence-electron chi connectivity index (χ2n) is 7.80. The number of rotatable bonds is 7. The number of amides is 1. The normalized spacial score (nSPS) is 14.2. The Bertz CT molecular complexity index is 906. The summed E-state index contributed by atoms with van der Waals surface area (Å²) in [6.07, 6.45) is 0. The minimum absolute atomic E-state index is 0.0318. The second-order valence-corrected chi connectivity index (χ2v) is 7.80. The van der Waals surface area contributed by atoms with E-state index < -0.39 is 0 Å². The number of methoxy groups -OCH3 is 1. The van der Waals surface area contributed by atoms with Crippen molar-refractivity contribution < 1.29 is 14.3 Å². The number of carbonyl (C=O) groups excluding carboxylic acids is 1. The topological polar surface area (TPSA) is 69.6 Å². The lowest BCUT2D eigenvalue weighted by atomic mass is 10.2. The zero-order valence-corrected chi connectivity index (χ0v) is 19.4. The highest BCUT2D eigenvalue weighted by Crippen LogP contribution is 2.20. The molecule has 1 N–H and O–H groups in total. The summed E-state index contributed by atoms with van der Waals surface area (Å²) in [5.74, 6) is 2.37. The Labute approximate surface area is 190 Å². The van der Waals surface area contributed by atoms with E-state index in [-0.39, 0.29) is 12.5 Å². The lowest BCUT2D eigenvalue weighted by molar-refractivity contribution is -0.130. The third-order valence-corrected chi connectivity index (χ3v) is 5.44. The highest BCUT2D eigenvalue weighted by Gasteiger charge is 2.20. The number of nitrogens with one attached hydrogen (secondary N) is 1. The van der Waals surface area contributed by atoms with Crippen LogP contribution in [0.15, 0.2) is 53.5 Å². The van der Waals surface area contributed by atoms with Gasteiger partial charge in [-0.05, 0) is 42.0 Å². The molecule has 0 unspecified atom stereocenters. The maximum absolute atomic E-state index is 11.7. The maximum atomic E-state index is 11.7. The SMILES string of the molecule is CN=C(NCc1cccc(OCC(=O)N(C)C)c1)N1CCN(c2ccc(OC)cc2)CC1. The zero-order valence-electron chi connectivity index (χ0n) is 19.4. The van der Waals surface area contributed by atoms with Gasteiger partial charge in [-0.15, -0.1) is 0 Å². The summed E-state index contributed by atoms with van der Waals surface area (Å²) in [6, 6.07) is 16.0. The van der Waals surface area contributed by atoms with Crippen LogP contribution in [0.3, 0.4) is 0 Å². The van der Waals surface area contributed by atoms with Gasteiger partial charge in [-0.1, -0.05) is 12.1 Å². The first-order valence-corrected chi connectivity index (χ1v) is 10.8. The van der Waals surface area contributed by atoms with Crippen molar-refractivity contribution >= 4 is 17.6 Å². The Morgan fingerprint density at radius 2 is 1.78 bits per heavy atom. The molecule has 1 aliphatic rings. The van der Waals surface area contributed by atoms with Gasteiger partial charge >= 0.3 is 0 Å². The molecule has 0 atom stereocenters. The zero-order chi connectivity index (χ0) is 22.9. The van der Waals surface area contributed by atoms with E-state index in [4.69, 9.17) is 9.47 Å². The quantitative estimate of drug-likeness (QED) is 0.526. The number of likely N-dealkylation sites (N-methyl/N-ethyl adjacent to an activating group) is 1. The summed E-state index contributed by atoms with van der Waals surface area (Å²) in [4.78, 5) is 22.4. The molecule has 8 nitrogen and oxygen atoms in total. The molecule has 1 heterocycles. The molecule has 3 rings (SSSR count). The Kier molecular flexibility index (Phi) is 8.19. The van der Waals surface area contributed by atoms with Crippen molar-refractivity contribution in [1.29, 1.82) is 0 Å². The van der Waals surface area contributed by atoms with Gasteiger partial charge in [-0.3, -0.25) is 9.79 Å². The molecule has 0 bridgehead atoms. The maximum Gasteiger partial charge on any atom is 0.259 e. The van der Waals surface area contributed by atoms with E-state index >= 15 is 0 Å². The molecule has 1 amide bonds. The molecule has 1 aliphatic heterocycles. The Hall–Kier alpha value is -3.42. The first-order valence-electron chi connectivity index (χ1n) is 10.8. The van der Waals surface area contributed by atoms with Crippen LogP contribution in [0.4, 0.5) is 5.69 Å². The third kappa shape index (κ3) is 6.29. The van der Waals surface area contributed by atoms with Crippen molar-refractivity contribution in [2.75, 3.05) is 65.9 Å². The molecule has 1 saturated heterocycles. The predicted octanol–water partition coefficient (Wildman–Crippen LogP) is 2.06. The molecule has 0 saturated carbocycles.